The first kappa shape index (κ1) is 13.8. The predicted octanol–water partition coefficient (Wildman–Crippen LogP) is 2.89. The molecule has 0 saturated heterocycles. The SMILES string of the molecule is O=C(c1cc(O)c(O)c([N+](=O)[O-])c1)c1ccccc1Cl. The summed E-state index contributed by atoms with van der Waals surface area (Å²) in [5.74, 6) is -2.21. The third-order valence-electron chi connectivity index (χ3n) is 2.65. The summed E-state index contributed by atoms with van der Waals surface area (Å²) in [6.07, 6.45) is 0. The van der Waals surface area contributed by atoms with Crippen molar-refractivity contribution in [1.29, 1.82) is 0 Å². The first-order valence-electron chi connectivity index (χ1n) is 5.41. The Bertz CT molecular complexity index is 714. The lowest BCUT2D eigenvalue weighted by atomic mass is 10.0. The van der Waals surface area contributed by atoms with Crippen molar-refractivity contribution in [2.24, 2.45) is 0 Å². The molecule has 2 rings (SSSR count). The molecule has 6 nitrogen and oxygen atoms in total. The van der Waals surface area contributed by atoms with Crippen LogP contribution < -0.4 is 0 Å². The van der Waals surface area contributed by atoms with Crippen LogP contribution in [0.25, 0.3) is 0 Å². The first-order valence-corrected chi connectivity index (χ1v) is 5.79. The normalized spacial score (nSPS) is 10.2. The maximum atomic E-state index is 12.2. The molecule has 0 atom stereocenters. The lowest BCUT2D eigenvalue weighted by Gasteiger charge is -2.05. The number of hydrogen-bond acceptors (Lipinski definition) is 5. The minimum atomic E-state index is -0.890. The lowest BCUT2D eigenvalue weighted by molar-refractivity contribution is -0.386. The van der Waals surface area contributed by atoms with E-state index in [1.807, 2.05) is 0 Å². The van der Waals surface area contributed by atoms with E-state index in [1.165, 1.54) is 12.1 Å². The van der Waals surface area contributed by atoms with Crippen molar-refractivity contribution in [2.45, 2.75) is 0 Å². The number of carbonyl (C=O) groups excluding carboxylic acids is 1. The quantitative estimate of drug-likeness (QED) is 0.392. The molecule has 0 radical (unpaired) electrons. The van der Waals surface area contributed by atoms with Gasteiger partial charge >= 0.3 is 5.69 Å². The summed E-state index contributed by atoms with van der Waals surface area (Å²) >= 11 is 5.88. The third kappa shape index (κ3) is 2.41. The topological polar surface area (TPSA) is 101 Å². The Kier molecular flexibility index (Phi) is 3.58. The molecule has 102 valence electrons. The number of nitrogens with zero attached hydrogens (tertiary/aromatic N) is 1. The number of rotatable bonds is 3. The van der Waals surface area contributed by atoms with Gasteiger partial charge in [0, 0.05) is 17.2 Å². The van der Waals surface area contributed by atoms with Gasteiger partial charge in [0.1, 0.15) is 0 Å². The van der Waals surface area contributed by atoms with Crippen molar-refractivity contribution in [1.82, 2.24) is 0 Å². The summed E-state index contributed by atoms with van der Waals surface area (Å²) in [6.45, 7) is 0. The number of nitro benzene ring substituents is 1. The Balaban J connectivity index is 2.57. The van der Waals surface area contributed by atoms with Crippen molar-refractivity contribution < 1.29 is 19.9 Å². The van der Waals surface area contributed by atoms with E-state index in [4.69, 9.17) is 11.6 Å². The van der Waals surface area contributed by atoms with Gasteiger partial charge in [0.15, 0.2) is 11.5 Å². The summed E-state index contributed by atoms with van der Waals surface area (Å²) in [6, 6.07) is 8.03. The second kappa shape index (κ2) is 5.18. The van der Waals surface area contributed by atoms with E-state index >= 15 is 0 Å². The summed E-state index contributed by atoms with van der Waals surface area (Å²) in [4.78, 5) is 22.1. The molecular weight excluding hydrogens is 286 g/mol. The van der Waals surface area contributed by atoms with Crippen molar-refractivity contribution in [2.75, 3.05) is 0 Å². The summed E-state index contributed by atoms with van der Waals surface area (Å²) in [7, 11) is 0. The van der Waals surface area contributed by atoms with E-state index in [9.17, 15) is 25.1 Å². The number of halogens is 1. The number of phenolic OH excluding ortho intramolecular Hbond substituents is 2. The second-order valence-corrected chi connectivity index (χ2v) is 4.34. The average Bonchev–Trinajstić information content (AvgIpc) is 2.41. The Morgan fingerprint density at radius 1 is 1.20 bits per heavy atom. The molecule has 0 fully saturated rings. The van der Waals surface area contributed by atoms with Crippen molar-refractivity contribution in [3.05, 3.63) is 62.7 Å². The number of phenols is 2. The Labute approximate surface area is 118 Å². The molecular formula is C13H8ClNO5. The average molecular weight is 294 g/mol. The molecule has 7 heteroatoms. The number of carbonyl (C=O) groups is 1. The largest absolute Gasteiger partial charge is 0.504 e. The van der Waals surface area contributed by atoms with Gasteiger partial charge in [-0.05, 0) is 18.2 Å². The van der Waals surface area contributed by atoms with E-state index < -0.39 is 27.9 Å². The van der Waals surface area contributed by atoms with Crippen molar-refractivity contribution in [3.8, 4) is 11.5 Å². The Morgan fingerprint density at radius 3 is 2.45 bits per heavy atom. The van der Waals surface area contributed by atoms with Gasteiger partial charge in [-0.3, -0.25) is 14.9 Å². The van der Waals surface area contributed by atoms with Gasteiger partial charge < -0.3 is 10.2 Å². The number of aromatic hydroxyl groups is 2. The second-order valence-electron chi connectivity index (χ2n) is 3.93. The summed E-state index contributed by atoms with van der Waals surface area (Å²) in [5.41, 5.74) is -0.742. The minimum absolute atomic E-state index is 0.139. The highest BCUT2D eigenvalue weighted by Gasteiger charge is 2.22. The van der Waals surface area contributed by atoms with Crippen LogP contribution in [0.2, 0.25) is 5.02 Å². The molecule has 0 aliphatic heterocycles. The highest BCUT2D eigenvalue weighted by molar-refractivity contribution is 6.35. The molecule has 20 heavy (non-hydrogen) atoms. The fourth-order valence-electron chi connectivity index (χ4n) is 1.68. The maximum absolute atomic E-state index is 12.2. The summed E-state index contributed by atoms with van der Waals surface area (Å²) in [5, 5.41) is 29.8. The molecule has 2 aromatic carbocycles. The highest BCUT2D eigenvalue weighted by atomic mass is 35.5. The molecule has 0 aromatic heterocycles. The monoisotopic (exact) mass is 293 g/mol. The van der Waals surface area contributed by atoms with Crippen LogP contribution in [0.1, 0.15) is 15.9 Å². The zero-order chi connectivity index (χ0) is 14.9. The first-order chi connectivity index (χ1) is 9.41. The Hall–Kier alpha value is -2.60. The van der Waals surface area contributed by atoms with Gasteiger partial charge in [0.2, 0.25) is 5.75 Å². The number of benzene rings is 2. The van der Waals surface area contributed by atoms with E-state index in [0.717, 1.165) is 12.1 Å². The fraction of sp³-hybridized carbons (Fsp3) is 0. The minimum Gasteiger partial charge on any atom is -0.504 e. The molecule has 2 aromatic rings. The zero-order valence-corrected chi connectivity index (χ0v) is 10.7. The van der Waals surface area contributed by atoms with E-state index in [0.29, 0.717) is 0 Å². The van der Waals surface area contributed by atoms with Crippen LogP contribution in [0, 0.1) is 10.1 Å². The Morgan fingerprint density at radius 2 is 1.85 bits per heavy atom. The van der Waals surface area contributed by atoms with Crippen LogP contribution in [0.5, 0.6) is 11.5 Å². The van der Waals surface area contributed by atoms with Gasteiger partial charge in [-0.25, -0.2) is 0 Å². The number of hydrogen-bond donors (Lipinski definition) is 2. The van der Waals surface area contributed by atoms with Crippen LogP contribution in [0.3, 0.4) is 0 Å². The molecule has 0 bridgehead atoms. The van der Waals surface area contributed by atoms with E-state index in [1.54, 1.807) is 12.1 Å². The highest BCUT2D eigenvalue weighted by Crippen LogP contribution is 2.36. The van der Waals surface area contributed by atoms with Crippen LogP contribution in [0.4, 0.5) is 5.69 Å². The predicted molar refractivity (Wildman–Crippen MR) is 71.3 cm³/mol. The van der Waals surface area contributed by atoms with Crippen LogP contribution in [-0.2, 0) is 0 Å². The third-order valence-corrected chi connectivity index (χ3v) is 2.98. The number of nitro groups is 1. The van der Waals surface area contributed by atoms with E-state index in [-0.39, 0.29) is 16.1 Å². The molecule has 0 amide bonds. The molecule has 0 aliphatic rings. The van der Waals surface area contributed by atoms with Gasteiger partial charge in [-0.1, -0.05) is 23.7 Å². The van der Waals surface area contributed by atoms with Crippen molar-refractivity contribution >= 4 is 23.1 Å². The molecule has 0 saturated carbocycles. The lowest BCUT2D eigenvalue weighted by Crippen LogP contribution is -2.03. The molecule has 0 aliphatic carbocycles. The fourth-order valence-corrected chi connectivity index (χ4v) is 1.90. The molecule has 0 heterocycles. The van der Waals surface area contributed by atoms with E-state index in [2.05, 4.69) is 0 Å². The summed E-state index contributed by atoms with van der Waals surface area (Å²) < 4.78 is 0. The molecule has 2 N–H and O–H groups in total. The van der Waals surface area contributed by atoms with Gasteiger partial charge in [-0.15, -0.1) is 0 Å². The maximum Gasteiger partial charge on any atom is 0.315 e. The zero-order valence-electron chi connectivity index (χ0n) is 9.91. The van der Waals surface area contributed by atoms with Crippen LogP contribution >= 0.6 is 11.6 Å². The van der Waals surface area contributed by atoms with Gasteiger partial charge in [-0.2, -0.15) is 0 Å². The number of ketones is 1. The van der Waals surface area contributed by atoms with Crippen LogP contribution in [-0.4, -0.2) is 20.9 Å². The van der Waals surface area contributed by atoms with Gasteiger partial charge in [0.25, 0.3) is 0 Å². The molecule has 0 unspecified atom stereocenters. The molecule has 0 spiro atoms. The standard InChI is InChI=1S/C13H8ClNO5/c14-9-4-2-1-3-8(9)12(17)7-5-10(15(19)20)13(18)11(16)6-7/h1-6,16,18H. The smallest absolute Gasteiger partial charge is 0.315 e. The van der Waals surface area contributed by atoms with Gasteiger partial charge in [0.05, 0.1) is 9.95 Å². The van der Waals surface area contributed by atoms with Crippen LogP contribution in [0.15, 0.2) is 36.4 Å². The van der Waals surface area contributed by atoms with Crippen molar-refractivity contribution in [3.63, 3.8) is 0 Å².